The van der Waals surface area contributed by atoms with Gasteiger partial charge in [-0.15, -0.1) is 0 Å². The van der Waals surface area contributed by atoms with Gasteiger partial charge in [0.25, 0.3) is 0 Å². The van der Waals surface area contributed by atoms with Gasteiger partial charge in [-0.2, -0.15) is 0 Å². The summed E-state index contributed by atoms with van der Waals surface area (Å²) in [6.07, 6.45) is 5.32. The highest BCUT2D eigenvalue weighted by molar-refractivity contribution is 5.99. The van der Waals surface area contributed by atoms with E-state index in [1.807, 2.05) is 25.7 Å². The van der Waals surface area contributed by atoms with E-state index >= 15 is 0 Å². The minimum atomic E-state index is -0.521. The molecule has 0 bridgehead atoms. The van der Waals surface area contributed by atoms with Gasteiger partial charge in [0.15, 0.2) is 0 Å². The number of likely N-dealkylation sites (tertiary alicyclic amines) is 1. The number of carbonyl (C=O) groups excluding carboxylic acids is 1. The monoisotopic (exact) mass is 621 g/mol. The van der Waals surface area contributed by atoms with Crippen LogP contribution in [-0.4, -0.2) is 50.4 Å². The number of nitrogens with zero attached hydrogens (tertiary/aromatic N) is 3. The van der Waals surface area contributed by atoms with Gasteiger partial charge in [0, 0.05) is 30.3 Å². The summed E-state index contributed by atoms with van der Waals surface area (Å²) in [5.41, 5.74) is 9.97. The van der Waals surface area contributed by atoms with Gasteiger partial charge < -0.3 is 15.0 Å². The molecular weight excluding hydrogens is 582 g/mol. The maximum atomic E-state index is 13.1. The number of fused-ring (bicyclic) bond motifs is 5. The molecule has 236 valence electrons. The highest BCUT2D eigenvalue weighted by atomic mass is 16.6. The maximum Gasteiger partial charge on any atom is 0.411 e. The van der Waals surface area contributed by atoms with Crippen LogP contribution in [0.3, 0.4) is 0 Å². The number of imidazole rings is 1. The van der Waals surface area contributed by atoms with Crippen molar-refractivity contribution in [1.82, 2.24) is 20.2 Å². The molecule has 2 saturated carbocycles. The molecule has 0 radical (unpaired) electrons. The minimum absolute atomic E-state index is 0.0747. The van der Waals surface area contributed by atoms with Gasteiger partial charge in [-0.1, -0.05) is 36.4 Å². The van der Waals surface area contributed by atoms with E-state index in [9.17, 15) is 4.79 Å². The van der Waals surface area contributed by atoms with Crippen LogP contribution in [0.4, 0.5) is 10.5 Å². The summed E-state index contributed by atoms with van der Waals surface area (Å²) in [5.74, 6) is 2.28. The quantitative estimate of drug-likeness (QED) is 0.211. The zero-order valence-corrected chi connectivity index (χ0v) is 27.1. The van der Waals surface area contributed by atoms with Crippen molar-refractivity contribution in [1.29, 1.82) is 0 Å². The second kappa shape index (κ2) is 9.77. The molecule has 10 rings (SSSR count). The number of aromatic amines is 1. The van der Waals surface area contributed by atoms with E-state index in [0.29, 0.717) is 12.0 Å². The topological polar surface area (TPSA) is 82.6 Å². The molecule has 2 aliphatic carbocycles. The number of hydrogen-bond acceptors (Lipinski definition) is 5. The minimum Gasteiger partial charge on any atom is -0.444 e. The first-order valence-electron chi connectivity index (χ1n) is 17.2. The van der Waals surface area contributed by atoms with Crippen LogP contribution in [0.1, 0.15) is 63.9 Å². The summed E-state index contributed by atoms with van der Waals surface area (Å²) in [6.45, 7) is 5.76. The molecule has 0 unspecified atom stereocenters. The molecule has 1 amide bonds. The number of benzene rings is 4. The second-order valence-electron chi connectivity index (χ2n) is 15.5. The predicted octanol–water partition coefficient (Wildman–Crippen LogP) is 8.50. The van der Waals surface area contributed by atoms with Crippen LogP contribution < -0.4 is 5.32 Å². The van der Waals surface area contributed by atoms with Crippen LogP contribution in [0.2, 0.25) is 0 Å². The Morgan fingerprint density at radius 2 is 1.55 bits per heavy atom. The third-order valence-electron chi connectivity index (χ3n) is 11.0. The Kier molecular flexibility index (Phi) is 5.74. The fourth-order valence-electron chi connectivity index (χ4n) is 8.43. The summed E-state index contributed by atoms with van der Waals surface area (Å²) in [6, 6.07) is 28.1. The number of H-pyrrole nitrogens is 1. The van der Waals surface area contributed by atoms with Crippen molar-refractivity contribution in [2.24, 2.45) is 16.8 Å². The highest BCUT2D eigenvalue weighted by Crippen LogP contribution is 2.53. The molecular formula is C40H39N5O2. The van der Waals surface area contributed by atoms with Gasteiger partial charge in [0.05, 0.1) is 22.8 Å². The van der Waals surface area contributed by atoms with Crippen LogP contribution >= 0.6 is 0 Å². The van der Waals surface area contributed by atoms with Gasteiger partial charge in [0.1, 0.15) is 11.4 Å². The van der Waals surface area contributed by atoms with Gasteiger partial charge in [-0.25, -0.2) is 9.78 Å². The number of amides is 1. The molecule has 2 saturated heterocycles. The number of aliphatic imine (C=N–C) groups is 1. The molecule has 0 spiro atoms. The van der Waals surface area contributed by atoms with Crippen LogP contribution in [0, 0.1) is 11.8 Å². The molecule has 4 heterocycles. The molecule has 3 aliphatic heterocycles. The Morgan fingerprint density at radius 1 is 0.830 bits per heavy atom. The molecule has 2 N–H and O–H groups in total. The van der Waals surface area contributed by atoms with E-state index in [2.05, 4.69) is 83.1 Å². The van der Waals surface area contributed by atoms with Crippen molar-refractivity contribution < 1.29 is 9.53 Å². The fraction of sp³-hybridized carbons (Fsp3) is 0.375. The van der Waals surface area contributed by atoms with E-state index in [-0.39, 0.29) is 18.2 Å². The lowest BCUT2D eigenvalue weighted by molar-refractivity contribution is 0.0175. The first-order chi connectivity index (χ1) is 22.7. The number of hydrogen-bond donors (Lipinski definition) is 2. The first kappa shape index (κ1) is 27.6. The van der Waals surface area contributed by atoms with Crippen molar-refractivity contribution >= 4 is 39.3 Å². The van der Waals surface area contributed by atoms with Crippen molar-refractivity contribution in [2.75, 3.05) is 0 Å². The third kappa shape index (κ3) is 4.77. The maximum absolute atomic E-state index is 13.1. The first-order valence-corrected chi connectivity index (χ1v) is 17.2. The van der Waals surface area contributed by atoms with Crippen LogP contribution in [0.5, 0.6) is 0 Å². The highest BCUT2D eigenvalue weighted by Gasteiger charge is 2.56. The standard InChI is InChI=1S/C40H39N5O2/c1-40(2,3)47-39(46)45-36-19-29(36)20-37(45)38-43-31-11-9-26(15-33(31)44-38)24-7-6-21-12-23(5-4-22(21)13-24)25-8-10-30-27(14-25)17-34(41-30)35-18-28-16-32(28)42-35/h4-15,28-29,32,35-37,42H,16-20H2,1-3H3,(H,43,44)/t28-,29-,32-,35+,36-,37+/m1/s1. The summed E-state index contributed by atoms with van der Waals surface area (Å²) < 4.78 is 5.77. The molecule has 7 nitrogen and oxygen atoms in total. The van der Waals surface area contributed by atoms with Crippen molar-refractivity contribution in [2.45, 2.75) is 82.6 Å². The molecule has 47 heavy (non-hydrogen) atoms. The number of nitrogens with one attached hydrogen (secondary N) is 2. The Morgan fingerprint density at radius 3 is 2.30 bits per heavy atom. The van der Waals surface area contributed by atoms with Gasteiger partial charge >= 0.3 is 6.09 Å². The van der Waals surface area contributed by atoms with Crippen molar-refractivity contribution in [3.05, 3.63) is 84.2 Å². The summed E-state index contributed by atoms with van der Waals surface area (Å²) in [4.78, 5) is 28.5. The van der Waals surface area contributed by atoms with Crippen LogP contribution in [-0.2, 0) is 11.2 Å². The zero-order valence-electron chi connectivity index (χ0n) is 27.1. The molecule has 1 aromatic heterocycles. The van der Waals surface area contributed by atoms with E-state index in [4.69, 9.17) is 14.7 Å². The Hall–Kier alpha value is -4.49. The molecule has 4 fully saturated rings. The van der Waals surface area contributed by atoms with Gasteiger partial charge in [0.2, 0.25) is 0 Å². The van der Waals surface area contributed by atoms with Crippen LogP contribution in [0.15, 0.2) is 77.8 Å². The summed E-state index contributed by atoms with van der Waals surface area (Å²) >= 11 is 0. The predicted molar refractivity (Wildman–Crippen MR) is 186 cm³/mol. The lowest BCUT2D eigenvalue weighted by atomic mass is 9.95. The van der Waals surface area contributed by atoms with E-state index in [0.717, 1.165) is 59.3 Å². The van der Waals surface area contributed by atoms with E-state index < -0.39 is 5.60 Å². The van der Waals surface area contributed by atoms with Gasteiger partial charge in [-0.05, 0) is 133 Å². The number of aromatic nitrogens is 2. The number of carbonyl (C=O) groups is 1. The largest absolute Gasteiger partial charge is 0.444 e. The fourth-order valence-corrected chi connectivity index (χ4v) is 8.43. The van der Waals surface area contributed by atoms with Crippen molar-refractivity contribution in [3.63, 3.8) is 0 Å². The molecule has 5 aliphatic rings. The third-order valence-corrected chi connectivity index (χ3v) is 11.0. The average Bonchev–Trinajstić information content (AvgIpc) is 3.67. The lowest BCUT2D eigenvalue weighted by Gasteiger charge is -2.29. The molecule has 4 aromatic carbocycles. The summed E-state index contributed by atoms with van der Waals surface area (Å²) in [7, 11) is 0. The Labute approximate surface area is 274 Å². The lowest BCUT2D eigenvalue weighted by Crippen LogP contribution is -2.38. The number of ether oxygens (including phenoxy) is 1. The molecule has 6 atom stereocenters. The number of piperidine rings is 2. The summed E-state index contributed by atoms with van der Waals surface area (Å²) in [5, 5.41) is 6.21. The Balaban J connectivity index is 0.888. The Bertz CT molecular complexity index is 2150. The second-order valence-corrected chi connectivity index (χ2v) is 15.5. The smallest absolute Gasteiger partial charge is 0.411 e. The SMILES string of the molecule is CC(C)(C)OC(=O)N1[C@@H]2C[C@@H]2C[C@H]1c1nc2ccc(-c3ccc4cc(-c5ccc6c(c5)CC([C@@H]5C[C@H]7C[C@H]7N5)=N6)ccc4c3)cc2[nH]1. The zero-order chi connectivity index (χ0) is 31.6. The average molecular weight is 622 g/mol. The van der Waals surface area contributed by atoms with E-state index in [1.165, 1.54) is 51.6 Å². The van der Waals surface area contributed by atoms with E-state index in [1.54, 1.807) is 0 Å². The molecule has 7 heteroatoms. The normalized spacial score (nSPS) is 27.1. The van der Waals surface area contributed by atoms with Gasteiger partial charge in [-0.3, -0.25) is 9.89 Å². The number of rotatable bonds is 4. The van der Waals surface area contributed by atoms with Crippen molar-refractivity contribution in [3.8, 4) is 22.3 Å². The molecule has 5 aromatic rings. The van der Waals surface area contributed by atoms with Crippen LogP contribution in [0.25, 0.3) is 44.1 Å².